The van der Waals surface area contributed by atoms with Crippen LogP contribution in [0.5, 0.6) is 0 Å². The standard InChI is InChI=1S/C12H22O3/c1-3-10(11(13)15-4-2)12(14)8-6-5-7-9-12/h10,14H,3-9H2,1-2H3. The molecule has 0 aromatic rings. The zero-order valence-electron chi connectivity index (χ0n) is 9.79. The molecule has 0 saturated heterocycles. The van der Waals surface area contributed by atoms with Crippen molar-refractivity contribution < 1.29 is 14.6 Å². The smallest absolute Gasteiger partial charge is 0.311 e. The molecule has 1 saturated carbocycles. The maximum absolute atomic E-state index is 11.7. The van der Waals surface area contributed by atoms with Gasteiger partial charge in [0.05, 0.1) is 18.1 Å². The summed E-state index contributed by atoms with van der Waals surface area (Å²) >= 11 is 0. The Morgan fingerprint density at radius 2 is 1.93 bits per heavy atom. The van der Waals surface area contributed by atoms with Crippen molar-refractivity contribution in [3.8, 4) is 0 Å². The Morgan fingerprint density at radius 3 is 2.40 bits per heavy atom. The summed E-state index contributed by atoms with van der Waals surface area (Å²) in [7, 11) is 0. The van der Waals surface area contributed by atoms with Gasteiger partial charge in [-0.25, -0.2) is 0 Å². The number of ether oxygens (including phenoxy) is 1. The van der Waals surface area contributed by atoms with E-state index < -0.39 is 5.60 Å². The number of carbonyl (C=O) groups excluding carboxylic acids is 1. The molecule has 88 valence electrons. The van der Waals surface area contributed by atoms with Gasteiger partial charge in [0.1, 0.15) is 0 Å². The van der Waals surface area contributed by atoms with Crippen LogP contribution in [0.2, 0.25) is 0 Å². The van der Waals surface area contributed by atoms with E-state index in [1.54, 1.807) is 6.92 Å². The Bertz CT molecular complexity index is 207. The first-order valence-electron chi connectivity index (χ1n) is 6.03. The first-order valence-corrected chi connectivity index (χ1v) is 6.03. The van der Waals surface area contributed by atoms with Gasteiger partial charge in [-0.3, -0.25) is 4.79 Å². The van der Waals surface area contributed by atoms with Crippen molar-refractivity contribution in [2.24, 2.45) is 5.92 Å². The third-order valence-electron chi connectivity index (χ3n) is 3.35. The van der Waals surface area contributed by atoms with E-state index in [9.17, 15) is 9.90 Å². The molecule has 3 heteroatoms. The van der Waals surface area contributed by atoms with Crippen LogP contribution < -0.4 is 0 Å². The Balaban J connectivity index is 2.66. The van der Waals surface area contributed by atoms with Gasteiger partial charge in [0, 0.05) is 0 Å². The lowest BCUT2D eigenvalue weighted by molar-refractivity contribution is -0.161. The second-order valence-electron chi connectivity index (χ2n) is 4.38. The minimum atomic E-state index is -0.806. The first kappa shape index (κ1) is 12.5. The fourth-order valence-corrected chi connectivity index (χ4v) is 2.52. The zero-order chi connectivity index (χ0) is 11.3. The van der Waals surface area contributed by atoms with E-state index >= 15 is 0 Å². The maximum atomic E-state index is 11.7. The Labute approximate surface area is 91.8 Å². The molecule has 1 fully saturated rings. The van der Waals surface area contributed by atoms with Crippen molar-refractivity contribution in [1.29, 1.82) is 0 Å². The van der Waals surface area contributed by atoms with Gasteiger partial charge in [0.2, 0.25) is 0 Å². The summed E-state index contributed by atoms with van der Waals surface area (Å²) in [6.07, 6.45) is 5.35. The summed E-state index contributed by atoms with van der Waals surface area (Å²) in [6.45, 7) is 4.13. The van der Waals surface area contributed by atoms with Crippen molar-refractivity contribution in [2.75, 3.05) is 6.61 Å². The largest absolute Gasteiger partial charge is 0.466 e. The van der Waals surface area contributed by atoms with Gasteiger partial charge in [0.25, 0.3) is 0 Å². The lowest BCUT2D eigenvalue weighted by atomic mass is 9.74. The summed E-state index contributed by atoms with van der Waals surface area (Å²) in [5.74, 6) is -0.567. The van der Waals surface area contributed by atoms with Crippen molar-refractivity contribution in [1.82, 2.24) is 0 Å². The van der Waals surface area contributed by atoms with Crippen LogP contribution >= 0.6 is 0 Å². The maximum Gasteiger partial charge on any atom is 0.311 e. The number of hydrogen-bond acceptors (Lipinski definition) is 3. The van der Waals surface area contributed by atoms with Crippen LogP contribution in [-0.4, -0.2) is 23.3 Å². The van der Waals surface area contributed by atoms with E-state index in [1.807, 2.05) is 6.92 Å². The molecule has 1 N–H and O–H groups in total. The topological polar surface area (TPSA) is 46.5 Å². The summed E-state index contributed by atoms with van der Waals surface area (Å²) in [6, 6.07) is 0. The van der Waals surface area contributed by atoms with Gasteiger partial charge in [0.15, 0.2) is 0 Å². The van der Waals surface area contributed by atoms with E-state index in [4.69, 9.17) is 4.74 Å². The molecule has 3 nitrogen and oxygen atoms in total. The minimum absolute atomic E-state index is 0.232. The highest BCUT2D eigenvalue weighted by molar-refractivity contribution is 5.73. The predicted molar refractivity (Wildman–Crippen MR) is 58.4 cm³/mol. The molecular formula is C12H22O3. The van der Waals surface area contributed by atoms with Crippen LogP contribution in [0, 0.1) is 5.92 Å². The number of aliphatic hydroxyl groups is 1. The molecule has 1 aliphatic rings. The van der Waals surface area contributed by atoms with Crippen molar-refractivity contribution in [3.63, 3.8) is 0 Å². The predicted octanol–water partition coefficient (Wildman–Crippen LogP) is 2.27. The van der Waals surface area contributed by atoms with E-state index in [1.165, 1.54) is 6.42 Å². The molecule has 0 bridgehead atoms. The Hall–Kier alpha value is -0.570. The lowest BCUT2D eigenvalue weighted by Crippen LogP contribution is -2.44. The van der Waals surface area contributed by atoms with Crippen LogP contribution in [-0.2, 0) is 9.53 Å². The van der Waals surface area contributed by atoms with Crippen LogP contribution in [0.15, 0.2) is 0 Å². The molecule has 0 radical (unpaired) electrons. The molecule has 0 spiro atoms. The molecule has 1 aliphatic carbocycles. The molecule has 1 rings (SSSR count). The van der Waals surface area contributed by atoms with E-state index in [0.717, 1.165) is 25.7 Å². The fourth-order valence-electron chi connectivity index (χ4n) is 2.52. The fraction of sp³-hybridized carbons (Fsp3) is 0.917. The highest BCUT2D eigenvalue weighted by atomic mass is 16.5. The molecule has 1 atom stereocenters. The molecule has 0 aromatic heterocycles. The molecule has 15 heavy (non-hydrogen) atoms. The second kappa shape index (κ2) is 5.50. The lowest BCUT2D eigenvalue weighted by Gasteiger charge is -2.37. The number of rotatable bonds is 4. The normalized spacial score (nSPS) is 22.1. The second-order valence-corrected chi connectivity index (χ2v) is 4.38. The summed E-state index contributed by atoms with van der Waals surface area (Å²) < 4.78 is 5.01. The SMILES string of the molecule is CCOC(=O)C(CC)C1(O)CCCCC1. The van der Waals surface area contributed by atoms with Gasteiger partial charge >= 0.3 is 5.97 Å². The van der Waals surface area contributed by atoms with Crippen molar-refractivity contribution in [3.05, 3.63) is 0 Å². The molecule has 0 aromatic carbocycles. The first-order chi connectivity index (χ1) is 7.14. The van der Waals surface area contributed by atoms with Crippen LogP contribution in [0.3, 0.4) is 0 Å². The van der Waals surface area contributed by atoms with Gasteiger partial charge in [-0.1, -0.05) is 26.2 Å². The van der Waals surface area contributed by atoms with Crippen molar-refractivity contribution in [2.45, 2.75) is 58.0 Å². The molecule has 0 aliphatic heterocycles. The van der Waals surface area contributed by atoms with Gasteiger partial charge in [-0.05, 0) is 26.2 Å². The van der Waals surface area contributed by atoms with Crippen LogP contribution in [0.4, 0.5) is 0 Å². The average molecular weight is 214 g/mol. The minimum Gasteiger partial charge on any atom is -0.466 e. The summed E-state index contributed by atoms with van der Waals surface area (Å²) in [5.41, 5.74) is -0.806. The quantitative estimate of drug-likeness (QED) is 0.730. The number of esters is 1. The zero-order valence-corrected chi connectivity index (χ0v) is 9.79. The summed E-state index contributed by atoms with van der Waals surface area (Å²) in [4.78, 5) is 11.7. The third-order valence-corrected chi connectivity index (χ3v) is 3.35. The van der Waals surface area contributed by atoms with E-state index in [0.29, 0.717) is 13.0 Å². The van der Waals surface area contributed by atoms with E-state index in [-0.39, 0.29) is 11.9 Å². The van der Waals surface area contributed by atoms with E-state index in [2.05, 4.69) is 0 Å². The molecule has 0 amide bonds. The highest BCUT2D eigenvalue weighted by Crippen LogP contribution is 2.36. The van der Waals surface area contributed by atoms with Crippen LogP contribution in [0.25, 0.3) is 0 Å². The average Bonchev–Trinajstić information content (AvgIpc) is 2.19. The molecule has 0 heterocycles. The summed E-state index contributed by atoms with van der Waals surface area (Å²) in [5, 5.41) is 10.4. The number of hydrogen-bond donors (Lipinski definition) is 1. The Kier molecular flexibility index (Phi) is 4.58. The van der Waals surface area contributed by atoms with Crippen molar-refractivity contribution >= 4 is 5.97 Å². The number of carbonyl (C=O) groups is 1. The molecule has 1 unspecified atom stereocenters. The monoisotopic (exact) mass is 214 g/mol. The molecular weight excluding hydrogens is 192 g/mol. The van der Waals surface area contributed by atoms with Gasteiger partial charge < -0.3 is 9.84 Å². The van der Waals surface area contributed by atoms with Crippen LogP contribution in [0.1, 0.15) is 52.4 Å². The highest BCUT2D eigenvalue weighted by Gasteiger charge is 2.41. The van der Waals surface area contributed by atoms with Gasteiger partial charge in [-0.15, -0.1) is 0 Å². The van der Waals surface area contributed by atoms with Gasteiger partial charge in [-0.2, -0.15) is 0 Å². The third kappa shape index (κ3) is 2.94. The Morgan fingerprint density at radius 1 is 1.33 bits per heavy atom.